The van der Waals surface area contributed by atoms with Crippen LogP contribution in [0.25, 0.3) is 0 Å². The third-order valence-electron chi connectivity index (χ3n) is 5.22. The van der Waals surface area contributed by atoms with Crippen LogP contribution in [0.4, 0.5) is 8.78 Å². The maximum absolute atomic E-state index is 13.8. The van der Waals surface area contributed by atoms with E-state index in [0.29, 0.717) is 5.56 Å². The zero-order chi connectivity index (χ0) is 17.1. The summed E-state index contributed by atoms with van der Waals surface area (Å²) in [4.78, 5) is 14.2. The van der Waals surface area contributed by atoms with E-state index in [1.807, 2.05) is 13.8 Å². The monoisotopic (exact) mass is 347 g/mol. The summed E-state index contributed by atoms with van der Waals surface area (Å²) in [5.74, 6) is -0.919. The van der Waals surface area contributed by atoms with Gasteiger partial charge in [-0.1, -0.05) is 19.9 Å². The zero-order valence-electron chi connectivity index (χ0n) is 13.7. The van der Waals surface area contributed by atoms with Crippen molar-refractivity contribution in [2.24, 2.45) is 5.41 Å². The third kappa shape index (κ3) is 2.32. The normalized spacial score (nSPS) is 25.5. The molecule has 0 saturated carbocycles. The molecule has 126 valence electrons. The van der Waals surface area contributed by atoms with Crippen LogP contribution in [0, 0.1) is 17.0 Å². The first-order chi connectivity index (χ1) is 11.4. The van der Waals surface area contributed by atoms with Crippen LogP contribution in [0.2, 0.25) is 0 Å². The number of hydrogen-bond donors (Lipinski definition) is 1. The zero-order valence-corrected chi connectivity index (χ0v) is 14.5. The van der Waals surface area contributed by atoms with Gasteiger partial charge in [-0.15, -0.1) is 11.8 Å². The molecule has 4 rings (SSSR count). The standard InChI is InChI=1S/C19H19F2NOS/c1-19(2)7-5-13-16(18(19)23)15(17-14(22-13)6-8-24-17)10-3-4-11(20)12(21)9-10/h3-4,9,15,22H,5-8H2,1-2H3. The van der Waals surface area contributed by atoms with Gasteiger partial charge < -0.3 is 5.32 Å². The number of benzene rings is 1. The van der Waals surface area contributed by atoms with Gasteiger partial charge in [0.15, 0.2) is 17.4 Å². The molecule has 24 heavy (non-hydrogen) atoms. The lowest BCUT2D eigenvalue weighted by molar-refractivity contribution is -0.124. The van der Waals surface area contributed by atoms with Crippen LogP contribution in [0.5, 0.6) is 0 Å². The number of nitrogens with one attached hydrogen (secondary N) is 1. The van der Waals surface area contributed by atoms with Gasteiger partial charge in [0.25, 0.3) is 0 Å². The summed E-state index contributed by atoms with van der Waals surface area (Å²) >= 11 is 1.71. The molecule has 0 fully saturated rings. The van der Waals surface area contributed by atoms with Crippen molar-refractivity contribution in [3.8, 4) is 0 Å². The summed E-state index contributed by atoms with van der Waals surface area (Å²) in [7, 11) is 0. The van der Waals surface area contributed by atoms with Crippen LogP contribution in [0.3, 0.4) is 0 Å². The second kappa shape index (κ2) is 5.45. The largest absolute Gasteiger partial charge is 0.361 e. The minimum absolute atomic E-state index is 0.116. The number of dihydropyridines is 1. The summed E-state index contributed by atoms with van der Waals surface area (Å²) in [6.07, 6.45) is 2.54. The van der Waals surface area contributed by atoms with Gasteiger partial charge in [0.2, 0.25) is 0 Å². The molecular formula is C19H19F2NOS. The van der Waals surface area contributed by atoms with E-state index in [-0.39, 0.29) is 11.7 Å². The maximum Gasteiger partial charge on any atom is 0.167 e. The molecule has 2 heterocycles. The minimum Gasteiger partial charge on any atom is -0.361 e. The molecule has 1 unspecified atom stereocenters. The lowest BCUT2D eigenvalue weighted by atomic mass is 9.69. The Balaban J connectivity index is 1.88. The fourth-order valence-corrected chi connectivity index (χ4v) is 5.07. The minimum atomic E-state index is -0.860. The molecule has 3 aliphatic rings. The molecule has 0 radical (unpaired) electrons. The molecule has 0 saturated heterocycles. The molecule has 2 nitrogen and oxygen atoms in total. The molecule has 1 aromatic rings. The molecule has 0 spiro atoms. The van der Waals surface area contributed by atoms with E-state index in [1.165, 1.54) is 6.07 Å². The van der Waals surface area contributed by atoms with Gasteiger partial charge in [0, 0.05) is 39.0 Å². The highest BCUT2D eigenvalue weighted by Crippen LogP contribution is 2.52. The molecule has 1 atom stereocenters. The Morgan fingerprint density at radius 2 is 1.96 bits per heavy atom. The highest BCUT2D eigenvalue weighted by molar-refractivity contribution is 8.03. The van der Waals surface area contributed by atoms with Crippen molar-refractivity contribution in [1.82, 2.24) is 5.32 Å². The highest BCUT2D eigenvalue weighted by atomic mass is 32.2. The number of carbonyl (C=O) groups is 1. The second-order valence-electron chi connectivity index (χ2n) is 7.28. The Morgan fingerprint density at radius 3 is 2.71 bits per heavy atom. The fourth-order valence-electron chi connectivity index (χ4n) is 3.80. The van der Waals surface area contributed by atoms with Crippen LogP contribution in [-0.2, 0) is 4.79 Å². The first-order valence-electron chi connectivity index (χ1n) is 8.24. The lowest BCUT2D eigenvalue weighted by Crippen LogP contribution is -2.38. The SMILES string of the molecule is CC1(C)CCC2=C(C1=O)C(c1ccc(F)c(F)c1)C1=C(CCS1)N2. The molecule has 2 aliphatic heterocycles. The first-order valence-corrected chi connectivity index (χ1v) is 9.23. The summed E-state index contributed by atoms with van der Waals surface area (Å²) < 4.78 is 27.2. The number of hydrogen-bond acceptors (Lipinski definition) is 3. The van der Waals surface area contributed by atoms with Gasteiger partial charge in [-0.05, 0) is 37.0 Å². The van der Waals surface area contributed by atoms with Gasteiger partial charge in [-0.2, -0.15) is 0 Å². The van der Waals surface area contributed by atoms with Crippen molar-refractivity contribution in [3.05, 3.63) is 57.3 Å². The topological polar surface area (TPSA) is 29.1 Å². The van der Waals surface area contributed by atoms with Gasteiger partial charge in [0.05, 0.1) is 0 Å². The van der Waals surface area contributed by atoms with Crippen molar-refractivity contribution in [3.63, 3.8) is 0 Å². The molecule has 1 N–H and O–H groups in total. The van der Waals surface area contributed by atoms with Crippen molar-refractivity contribution in [1.29, 1.82) is 0 Å². The lowest BCUT2D eigenvalue weighted by Gasteiger charge is -2.39. The van der Waals surface area contributed by atoms with Gasteiger partial charge in [-0.25, -0.2) is 8.78 Å². The number of carbonyl (C=O) groups excluding carboxylic acids is 1. The van der Waals surface area contributed by atoms with Crippen molar-refractivity contribution >= 4 is 17.5 Å². The summed E-state index contributed by atoms with van der Waals surface area (Å²) in [5, 5.41) is 3.46. The number of rotatable bonds is 1. The second-order valence-corrected chi connectivity index (χ2v) is 8.41. The average molecular weight is 347 g/mol. The Labute approximate surface area is 144 Å². The van der Waals surface area contributed by atoms with Gasteiger partial charge >= 0.3 is 0 Å². The molecular weight excluding hydrogens is 328 g/mol. The van der Waals surface area contributed by atoms with Crippen LogP contribution in [-0.4, -0.2) is 11.5 Å². The number of thioether (sulfide) groups is 1. The third-order valence-corrected chi connectivity index (χ3v) is 6.42. The molecule has 0 bridgehead atoms. The maximum atomic E-state index is 13.8. The van der Waals surface area contributed by atoms with Crippen LogP contribution >= 0.6 is 11.8 Å². The molecule has 1 aromatic carbocycles. The summed E-state index contributed by atoms with van der Waals surface area (Å²) in [6, 6.07) is 4.01. The smallest absolute Gasteiger partial charge is 0.167 e. The van der Waals surface area contributed by atoms with Crippen LogP contribution < -0.4 is 5.32 Å². The fraction of sp³-hybridized carbons (Fsp3) is 0.421. The van der Waals surface area contributed by atoms with Crippen LogP contribution in [0.1, 0.15) is 44.6 Å². The van der Waals surface area contributed by atoms with E-state index >= 15 is 0 Å². The Bertz CT molecular complexity index is 810. The Kier molecular flexibility index (Phi) is 3.60. The number of halogens is 2. The average Bonchev–Trinajstić information content (AvgIpc) is 3.00. The number of allylic oxidation sites excluding steroid dienone is 4. The predicted molar refractivity (Wildman–Crippen MR) is 91.4 cm³/mol. The van der Waals surface area contributed by atoms with E-state index in [0.717, 1.165) is 53.0 Å². The van der Waals surface area contributed by atoms with Crippen LogP contribution in [0.15, 0.2) is 40.1 Å². The van der Waals surface area contributed by atoms with E-state index < -0.39 is 17.0 Å². The van der Waals surface area contributed by atoms with Gasteiger partial charge in [0.1, 0.15) is 0 Å². The molecule has 1 aliphatic carbocycles. The van der Waals surface area contributed by atoms with Gasteiger partial charge in [-0.3, -0.25) is 4.79 Å². The number of Topliss-reactive ketones (excluding diaryl/α,β-unsaturated/α-hetero) is 1. The molecule has 5 heteroatoms. The Morgan fingerprint density at radius 1 is 1.17 bits per heavy atom. The van der Waals surface area contributed by atoms with E-state index in [2.05, 4.69) is 5.32 Å². The van der Waals surface area contributed by atoms with Crippen molar-refractivity contribution in [2.75, 3.05) is 5.75 Å². The van der Waals surface area contributed by atoms with Crippen molar-refractivity contribution < 1.29 is 13.6 Å². The van der Waals surface area contributed by atoms with E-state index in [9.17, 15) is 13.6 Å². The predicted octanol–water partition coefficient (Wildman–Crippen LogP) is 4.64. The molecule has 0 amide bonds. The highest BCUT2D eigenvalue weighted by Gasteiger charge is 2.44. The number of ketones is 1. The Hall–Kier alpha value is -1.62. The van der Waals surface area contributed by atoms with E-state index in [1.54, 1.807) is 17.8 Å². The van der Waals surface area contributed by atoms with E-state index in [4.69, 9.17) is 0 Å². The van der Waals surface area contributed by atoms with Crippen molar-refractivity contribution in [2.45, 2.75) is 39.0 Å². The summed E-state index contributed by atoms with van der Waals surface area (Å²) in [5.41, 5.74) is 3.09. The summed E-state index contributed by atoms with van der Waals surface area (Å²) in [6.45, 7) is 3.93. The molecule has 0 aromatic heterocycles. The first kappa shape index (κ1) is 15.9. The quantitative estimate of drug-likeness (QED) is 0.802.